The van der Waals surface area contributed by atoms with Crippen LogP contribution in [0.15, 0.2) is 55.4 Å². The summed E-state index contributed by atoms with van der Waals surface area (Å²) in [6.07, 6.45) is 2.05. The van der Waals surface area contributed by atoms with Gasteiger partial charge in [0.1, 0.15) is 0 Å². The van der Waals surface area contributed by atoms with Gasteiger partial charge in [0.05, 0.1) is 46.9 Å². The minimum atomic E-state index is -5.08. The van der Waals surface area contributed by atoms with Gasteiger partial charge in [-0.1, -0.05) is 17.7 Å². The Kier molecular flexibility index (Phi) is 10.0. The molecule has 0 radical (unpaired) electrons. The number of imide groups is 1. The monoisotopic (exact) mass is 686 g/mol. The zero-order chi connectivity index (χ0) is 33.9. The minimum absolute atomic E-state index is 0.198. The molecule has 2 aliphatic rings. The highest BCUT2D eigenvalue weighted by molar-refractivity contribution is 7.19. The maximum atomic E-state index is 12.8. The number of piperazine rings is 1. The maximum Gasteiger partial charge on any atom is 0.490 e. The summed E-state index contributed by atoms with van der Waals surface area (Å²) in [5.41, 5.74) is 3.37. The molecule has 5 heterocycles. The first-order valence-electron chi connectivity index (χ1n) is 14.6. The van der Waals surface area contributed by atoms with E-state index in [1.54, 1.807) is 17.2 Å². The van der Waals surface area contributed by atoms with Crippen molar-refractivity contribution in [3.63, 3.8) is 0 Å². The molecule has 1 aromatic carbocycles. The van der Waals surface area contributed by atoms with E-state index in [1.165, 1.54) is 16.2 Å². The lowest BCUT2D eigenvalue weighted by Gasteiger charge is -2.32. The minimum Gasteiger partial charge on any atom is -0.475 e. The summed E-state index contributed by atoms with van der Waals surface area (Å²) >= 11 is 8.15. The van der Waals surface area contributed by atoms with E-state index in [4.69, 9.17) is 21.5 Å². The fraction of sp³-hybridized carbons (Fsp3) is 0.344. The highest BCUT2D eigenvalue weighted by Crippen LogP contribution is 2.41. The van der Waals surface area contributed by atoms with E-state index in [0.717, 1.165) is 63.1 Å². The second-order valence-corrected chi connectivity index (χ2v) is 13.0. The number of amides is 2. The molecule has 0 aliphatic carbocycles. The van der Waals surface area contributed by atoms with Crippen molar-refractivity contribution in [1.82, 2.24) is 24.7 Å². The van der Waals surface area contributed by atoms with Crippen LogP contribution in [0.4, 0.5) is 13.2 Å². The third kappa shape index (κ3) is 7.49. The average molecular weight is 687 g/mol. The highest BCUT2D eigenvalue weighted by Gasteiger charge is 2.38. The molecule has 15 heteroatoms. The molecule has 2 saturated heterocycles. The number of hydrogen-bond donors (Lipinski definition) is 2. The van der Waals surface area contributed by atoms with E-state index >= 15 is 0 Å². The van der Waals surface area contributed by atoms with Crippen molar-refractivity contribution < 1.29 is 32.7 Å². The number of nitrogens with one attached hydrogen (secondary N) is 1. The first kappa shape index (κ1) is 34.1. The molecule has 4 aromatic rings. The molecule has 2 aliphatic heterocycles. The van der Waals surface area contributed by atoms with Crippen LogP contribution in [0.1, 0.15) is 17.7 Å². The topological polar surface area (TPSA) is 132 Å². The van der Waals surface area contributed by atoms with Crippen LogP contribution in [0, 0.1) is 16.7 Å². The quantitative estimate of drug-likeness (QED) is 0.194. The van der Waals surface area contributed by atoms with Crippen molar-refractivity contribution in [2.24, 2.45) is 5.41 Å². The molecule has 0 saturated carbocycles. The molecule has 0 atom stereocenters. The Morgan fingerprint density at radius 1 is 1.17 bits per heavy atom. The summed E-state index contributed by atoms with van der Waals surface area (Å²) < 4.78 is 34.9. The van der Waals surface area contributed by atoms with Gasteiger partial charge in [0.25, 0.3) is 0 Å². The van der Waals surface area contributed by atoms with Gasteiger partial charge in [0, 0.05) is 51.9 Å². The lowest BCUT2D eigenvalue weighted by Crippen LogP contribution is -2.53. The molecule has 47 heavy (non-hydrogen) atoms. The third-order valence-electron chi connectivity index (χ3n) is 8.11. The first-order chi connectivity index (χ1) is 22.3. The lowest BCUT2D eigenvalue weighted by molar-refractivity contribution is -0.192. The number of aromatic nitrogens is 2. The Hall–Kier alpha value is -4.29. The van der Waals surface area contributed by atoms with E-state index in [-0.39, 0.29) is 31.4 Å². The number of alkyl halides is 3. The van der Waals surface area contributed by atoms with Crippen molar-refractivity contribution in [2.75, 3.05) is 32.7 Å². The fourth-order valence-corrected chi connectivity index (χ4v) is 7.21. The molecule has 246 valence electrons. The number of rotatable bonds is 7. The zero-order valence-corrected chi connectivity index (χ0v) is 26.6. The number of fused-ring (bicyclic) bond motifs is 2. The maximum absolute atomic E-state index is 12.8. The third-order valence-corrected chi connectivity index (χ3v) is 9.47. The number of hydrogen-bond acceptors (Lipinski definition) is 8. The van der Waals surface area contributed by atoms with Crippen LogP contribution in [0.2, 0.25) is 5.02 Å². The molecule has 6 rings (SSSR count). The normalized spacial score (nSPS) is 17.0. The number of aliphatic carboxylic acids is 1. The number of piperidine rings is 1. The molecule has 0 unspecified atom stereocenters. The van der Waals surface area contributed by atoms with Crippen LogP contribution in [-0.4, -0.2) is 81.1 Å². The van der Waals surface area contributed by atoms with Crippen LogP contribution in [0.5, 0.6) is 0 Å². The van der Waals surface area contributed by atoms with Crippen LogP contribution >= 0.6 is 22.9 Å². The molecule has 3 aromatic heterocycles. The molecule has 2 fully saturated rings. The van der Waals surface area contributed by atoms with Crippen molar-refractivity contribution in [1.29, 1.82) is 5.26 Å². The fourth-order valence-electron chi connectivity index (χ4n) is 5.86. The van der Waals surface area contributed by atoms with Gasteiger partial charge in [-0.2, -0.15) is 18.4 Å². The predicted octanol–water partition coefficient (Wildman–Crippen LogP) is 5.45. The molecule has 10 nitrogen and oxygen atoms in total. The number of halogens is 4. The predicted molar refractivity (Wildman–Crippen MR) is 172 cm³/mol. The first-order valence-corrected chi connectivity index (χ1v) is 15.8. The van der Waals surface area contributed by atoms with E-state index in [2.05, 4.69) is 33.6 Å². The van der Waals surface area contributed by atoms with E-state index in [0.29, 0.717) is 18.1 Å². The van der Waals surface area contributed by atoms with Gasteiger partial charge in [-0.25, -0.2) is 4.79 Å². The number of pyridine rings is 1. The second kappa shape index (κ2) is 13.8. The van der Waals surface area contributed by atoms with Crippen molar-refractivity contribution >= 4 is 61.8 Å². The van der Waals surface area contributed by atoms with Crippen molar-refractivity contribution in [3.8, 4) is 17.2 Å². The Morgan fingerprint density at radius 2 is 1.85 bits per heavy atom. The Morgan fingerprint density at radius 3 is 2.47 bits per heavy atom. The standard InChI is InChI=1S/C30H29ClN6O2S.C2HF3O2/c1-2-10-35-16-26(38)37(27(39)17-35)15-22-14-25-29(40-22)23(3-7-34-25)24-13-21(31)12-20-4-11-36(28(20)24)19-30(18-32)5-8-33-9-6-30;3-2(4,5)1(6)7/h2-4,7,11-14,33H,1,5-6,8-10,15-17,19H2;(H,6,7). The van der Waals surface area contributed by atoms with E-state index < -0.39 is 17.6 Å². The van der Waals surface area contributed by atoms with Gasteiger partial charge < -0.3 is 15.0 Å². The molecular weight excluding hydrogens is 657 g/mol. The number of carbonyl (C=O) groups excluding carboxylic acids is 2. The second-order valence-electron chi connectivity index (χ2n) is 11.4. The number of carboxylic acids is 1. The van der Waals surface area contributed by atoms with Crippen molar-refractivity contribution in [2.45, 2.75) is 32.1 Å². The summed E-state index contributed by atoms with van der Waals surface area (Å²) in [5.74, 6) is -3.17. The highest BCUT2D eigenvalue weighted by atomic mass is 35.5. The van der Waals surface area contributed by atoms with Gasteiger partial charge in [0.2, 0.25) is 11.8 Å². The Balaban J connectivity index is 0.000000559. The van der Waals surface area contributed by atoms with Crippen LogP contribution in [-0.2, 0) is 27.5 Å². The van der Waals surface area contributed by atoms with Gasteiger partial charge in [-0.15, -0.1) is 17.9 Å². The number of carboxylic acid groups (broad SMARTS) is 1. The Labute approximate surface area is 276 Å². The largest absolute Gasteiger partial charge is 0.490 e. The molecule has 0 spiro atoms. The van der Waals surface area contributed by atoms with Gasteiger partial charge in [-0.3, -0.25) is 24.4 Å². The number of thiophene rings is 1. The van der Waals surface area contributed by atoms with Crippen LogP contribution in [0.25, 0.3) is 32.2 Å². The van der Waals surface area contributed by atoms with Crippen LogP contribution < -0.4 is 5.32 Å². The summed E-state index contributed by atoms with van der Waals surface area (Å²) in [5, 5.41) is 22.3. The average Bonchev–Trinajstić information content (AvgIpc) is 3.62. The number of nitrogens with zero attached hydrogens (tertiary/aromatic N) is 5. The SMILES string of the molecule is C=CCN1CC(=O)N(Cc2cc3nccc(-c4cc(Cl)cc5ccn(CC6(C#N)CCNCC6)c45)c3s2)C(=O)C1.O=C(O)C(F)(F)F. The lowest BCUT2D eigenvalue weighted by atomic mass is 9.80. The summed E-state index contributed by atoms with van der Waals surface area (Å²) in [4.78, 5) is 43.1. The smallest absolute Gasteiger partial charge is 0.475 e. The van der Waals surface area contributed by atoms with Crippen LogP contribution in [0.3, 0.4) is 0 Å². The summed E-state index contributed by atoms with van der Waals surface area (Å²) in [7, 11) is 0. The van der Waals surface area contributed by atoms with Gasteiger partial charge >= 0.3 is 12.1 Å². The van der Waals surface area contributed by atoms with Gasteiger partial charge in [0.15, 0.2) is 0 Å². The molecule has 0 bridgehead atoms. The Bertz CT molecular complexity index is 1870. The van der Waals surface area contributed by atoms with Crippen molar-refractivity contribution in [3.05, 3.63) is 65.3 Å². The summed E-state index contributed by atoms with van der Waals surface area (Å²) in [6, 6.07) is 12.5. The molecular formula is C32H30ClF3N6O4S. The zero-order valence-electron chi connectivity index (χ0n) is 25.0. The number of nitriles is 1. The molecule has 2 N–H and O–H groups in total. The van der Waals surface area contributed by atoms with E-state index in [9.17, 15) is 28.0 Å². The molecule has 2 amide bonds. The summed E-state index contributed by atoms with van der Waals surface area (Å²) in [6.45, 7) is 7.10. The number of benzene rings is 1. The number of carbonyl (C=O) groups is 3. The van der Waals surface area contributed by atoms with E-state index in [1.807, 2.05) is 30.5 Å². The van der Waals surface area contributed by atoms with Gasteiger partial charge in [-0.05, 0) is 56.3 Å².